The van der Waals surface area contributed by atoms with Crippen LogP contribution in [0.1, 0.15) is 21.5 Å². The van der Waals surface area contributed by atoms with Gasteiger partial charge in [0.25, 0.3) is 0 Å². The molecule has 0 aliphatic rings. The molecular formula is C17H16O4. The van der Waals surface area contributed by atoms with Crippen LogP contribution in [0.4, 0.5) is 0 Å². The lowest BCUT2D eigenvalue weighted by Gasteiger charge is -2.14. The monoisotopic (exact) mass is 284 g/mol. The number of hydrogen-bond donors (Lipinski definition) is 2. The Morgan fingerprint density at radius 3 is 2.10 bits per heavy atom. The van der Waals surface area contributed by atoms with Crippen molar-refractivity contribution in [3.8, 4) is 0 Å². The van der Waals surface area contributed by atoms with Gasteiger partial charge in [-0.15, -0.1) is 0 Å². The van der Waals surface area contributed by atoms with Gasteiger partial charge in [-0.25, -0.2) is 4.79 Å². The first-order chi connectivity index (χ1) is 10.1. The SMILES string of the molecule is O=C(O)c1ccccc1C[C@H](Cc1ccccc1)C(=O)O. The van der Waals surface area contributed by atoms with E-state index in [0.717, 1.165) is 5.56 Å². The van der Waals surface area contributed by atoms with Crippen molar-refractivity contribution in [2.75, 3.05) is 0 Å². The van der Waals surface area contributed by atoms with E-state index in [9.17, 15) is 14.7 Å². The van der Waals surface area contributed by atoms with Crippen LogP contribution in [-0.2, 0) is 17.6 Å². The second kappa shape index (κ2) is 6.70. The zero-order chi connectivity index (χ0) is 15.2. The van der Waals surface area contributed by atoms with Gasteiger partial charge >= 0.3 is 11.9 Å². The summed E-state index contributed by atoms with van der Waals surface area (Å²) in [4.78, 5) is 22.6. The third-order valence-corrected chi connectivity index (χ3v) is 3.39. The third kappa shape index (κ3) is 3.92. The molecule has 4 heteroatoms. The zero-order valence-electron chi connectivity index (χ0n) is 11.4. The van der Waals surface area contributed by atoms with Gasteiger partial charge in [0, 0.05) is 0 Å². The van der Waals surface area contributed by atoms with Crippen LogP contribution in [0.5, 0.6) is 0 Å². The van der Waals surface area contributed by atoms with Crippen molar-refractivity contribution in [2.45, 2.75) is 12.8 Å². The molecule has 0 spiro atoms. The molecule has 0 aliphatic carbocycles. The Bertz CT molecular complexity index is 634. The van der Waals surface area contributed by atoms with E-state index in [2.05, 4.69) is 0 Å². The maximum absolute atomic E-state index is 11.4. The molecule has 2 aromatic carbocycles. The Labute approximate surface area is 122 Å². The minimum atomic E-state index is -1.03. The minimum Gasteiger partial charge on any atom is -0.481 e. The molecule has 2 N–H and O–H groups in total. The first-order valence-corrected chi connectivity index (χ1v) is 6.66. The summed E-state index contributed by atoms with van der Waals surface area (Å²) in [5, 5.41) is 18.5. The third-order valence-electron chi connectivity index (χ3n) is 3.39. The summed E-state index contributed by atoms with van der Waals surface area (Å²) in [5.74, 6) is -2.60. The molecule has 2 aromatic rings. The number of carboxylic acids is 2. The molecule has 0 saturated heterocycles. The van der Waals surface area contributed by atoms with Crippen LogP contribution in [0.25, 0.3) is 0 Å². The topological polar surface area (TPSA) is 74.6 Å². The lowest BCUT2D eigenvalue weighted by atomic mass is 9.90. The second-order valence-corrected chi connectivity index (χ2v) is 4.89. The molecule has 108 valence electrons. The van der Waals surface area contributed by atoms with Crippen LogP contribution in [-0.4, -0.2) is 22.2 Å². The van der Waals surface area contributed by atoms with Crippen LogP contribution in [0.3, 0.4) is 0 Å². The van der Waals surface area contributed by atoms with Gasteiger partial charge in [0.05, 0.1) is 11.5 Å². The van der Waals surface area contributed by atoms with E-state index in [1.54, 1.807) is 18.2 Å². The molecule has 4 nitrogen and oxygen atoms in total. The zero-order valence-corrected chi connectivity index (χ0v) is 11.4. The van der Waals surface area contributed by atoms with Crippen molar-refractivity contribution in [1.82, 2.24) is 0 Å². The molecule has 21 heavy (non-hydrogen) atoms. The molecule has 0 unspecified atom stereocenters. The quantitative estimate of drug-likeness (QED) is 0.855. The Morgan fingerprint density at radius 2 is 1.48 bits per heavy atom. The summed E-state index contributed by atoms with van der Waals surface area (Å²) in [6.07, 6.45) is 0.580. The van der Waals surface area contributed by atoms with Crippen molar-refractivity contribution in [2.24, 2.45) is 5.92 Å². The molecule has 0 radical (unpaired) electrons. The van der Waals surface area contributed by atoms with Gasteiger partial charge in [-0.3, -0.25) is 4.79 Å². The van der Waals surface area contributed by atoms with Crippen LogP contribution >= 0.6 is 0 Å². The van der Waals surface area contributed by atoms with Crippen molar-refractivity contribution < 1.29 is 19.8 Å². The van der Waals surface area contributed by atoms with Gasteiger partial charge in [0.15, 0.2) is 0 Å². The van der Waals surface area contributed by atoms with Gasteiger partial charge < -0.3 is 10.2 Å². The first kappa shape index (κ1) is 14.8. The van der Waals surface area contributed by atoms with Gasteiger partial charge in [-0.2, -0.15) is 0 Å². The maximum Gasteiger partial charge on any atom is 0.335 e. The van der Waals surface area contributed by atoms with Gasteiger partial charge in [0.1, 0.15) is 0 Å². The average Bonchev–Trinajstić information content (AvgIpc) is 2.48. The molecule has 0 fully saturated rings. The van der Waals surface area contributed by atoms with Gasteiger partial charge in [-0.05, 0) is 30.0 Å². The molecule has 0 heterocycles. The molecule has 2 rings (SSSR count). The molecule has 1 atom stereocenters. The fourth-order valence-electron chi connectivity index (χ4n) is 2.32. The number of carboxylic acid groups (broad SMARTS) is 2. The first-order valence-electron chi connectivity index (χ1n) is 6.66. The Hall–Kier alpha value is -2.62. The molecule has 0 aromatic heterocycles. The summed E-state index contributed by atoms with van der Waals surface area (Å²) in [6, 6.07) is 15.9. The largest absolute Gasteiger partial charge is 0.481 e. The lowest BCUT2D eigenvalue weighted by molar-refractivity contribution is -0.141. The fraction of sp³-hybridized carbons (Fsp3) is 0.176. The van der Waals surface area contributed by atoms with Gasteiger partial charge in [-0.1, -0.05) is 48.5 Å². The molecule has 0 amide bonds. The van der Waals surface area contributed by atoms with Crippen LogP contribution < -0.4 is 0 Å². The lowest BCUT2D eigenvalue weighted by Crippen LogP contribution is -2.20. The molecule has 0 saturated carbocycles. The fourth-order valence-corrected chi connectivity index (χ4v) is 2.32. The van der Waals surface area contributed by atoms with Crippen molar-refractivity contribution in [1.29, 1.82) is 0 Å². The van der Waals surface area contributed by atoms with E-state index in [-0.39, 0.29) is 12.0 Å². The van der Waals surface area contributed by atoms with Crippen LogP contribution in [0.15, 0.2) is 54.6 Å². The summed E-state index contributed by atoms with van der Waals surface area (Å²) >= 11 is 0. The molecule has 0 bridgehead atoms. The summed E-state index contributed by atoms with van der Waals surface area (Å²) in [6.45, 7) is 0. The van der Waals surface area contributed by atoms with Crippen molar-refractivity contribution in [3.05, 3.63) is 71.3 Å². The number of rotatable bonds is 6. The molecular weight excluding hydrogens is 268 g/mol. The number of benzene rings is 2. The normalized spacial score (nSPS) is 11.8. The van der Waals surface area contributed by atoms with E-state index >= 15 is 0 Å². The maximum atomic E-state index is 11.4. The van der Waals surface area contributed by atoms with Crippen molar-refractivity contribution in [3.63, 3.8) is 0 Å². The summed E-state index contributed by atoms with van der Waals surface area (Å²) < 4.78 is 0. The highest BCUT2D eigenvalue weighted by atomic mass is 16.4. The number of aromatic carboxylic acids is 1. The smallest absolute Gasteiger partial charge is 0.335 e. The average molecular weight is 284 g/mol. The highest BCUT2D eigenvalue weighted by Crippen LogP contribution is 2.18. The summed E-state index contributed by atoms with van der Waals surface area (Å²) in [5.41, 5.74) is 1.64. The Morgan fingerprint density at radius 1 is 0.857 bits per heavy atom. The van der Waals surface area contributed by atoms with Gasteiger partial charge in [0.2, 0.25) is 0 Å². The highest BCUT2D eigenvalue weighted by Gasteiger charge is 2.21. The Balaban J connectivity index is 2.21. The van der Waals surface area contributed by atoms with Crippen LogP contribution in [0, 0.1) is 5.92 Å². The summed E-state index contributed by atoms with van der Waals surface area (Å²) in [7, 11) is 0. The standard InChI is InChI=1S/C17H16O4/c18-16(19)14(10-12-6-2-1-3-7-12)11-13-8-4-5-9-15(13)17(20)21/h1-9,14H,10-11H2,(H,18,19)(H,20,21)/t14-/m0/s1. The Kier molecular flexibility index (Phi) is 4.72. The predicted molar refractivity (Wildman–Crippen MR) is 78.4 cm³/mol. The van der Waals surface area contributed by atoms with E-state index in [4.69, 9.17) is 5.11 Å². The van der Waals surface area contributed by atoms with E-state index in [0.29, 0.717) is 12.0 Å². The van der Waals surface area contributed by atoms with E-state index < -0.39 is 17.9 Å². The minimum absolute atomic E-state index is 0.164. The van der Waals surface area contributed by atoms with E-state index in [1.807, 2.05) is 30.3 Å². The highest BCUT2D eigenvalue weighted by molar-refractivity contribution is 5.89. The number of aliphatic carboxylic acids is 1. The van der Waals surface area contributed by atoms with E-state index in [1.165, 1.54) is 6.07 Å². The second-order valence-electron chi connectivity index (χ2n) is 4.89. The number of carbonyl (C=O) groups is 2. The van der Waals surface area contributed by atoms with Crippen LogP contribution in [0.2, 0.25) is 0 Å². The predicted octanol–water partition coefficient (Wildman–Crippen LogP) is 2.87. The molecule has 0 aliphatic heterocycles. The van der Waals surface area contributed by atoms with Crippen molar-refractivity contribution >= 4 is 11.9 Å². The number of hydrogen-bond acceptors (Lipinski definition) is 2.